The Morgan fingerprint density at radius 1 is 1.00 bits per heavy atom. The lowest BCUT2D eigenvalue weighted by Crippen LogP contribution is -2.22. The van der Waals surface area contributed by atoms with Crippen LogP contribution in [0.15, 0.2) is 54.6 Å². The Hall–Kier alpha value is -2.53. The summed E-state index contributed by atoms with van der Waals surface area (Å²) in [5.74, 6) is 1.46. The van der Waals surface area contributed by atoms with E-state index >= 15 is 0 Å². The normalized spacial score (nSPS) is 17.7. The van der Waals surface area contributed by atoms with Gasteiger partial charge in [0.15, 0.2) is 0 Å². The second kappa shape index (κ2) is 4.99. The third kappa shape index (κ3) is 2.66. The van der Waals surface area contributed by atoms with E-state index in [9.17, 15) is 4.79 Å². The van der Waals surface area contributed by atoms with Crippen molar-refractivity contribution < 1.29 is 14.4 Å². The lowest BCUT2D eigenvalue weighted by Gasteiger charge is -2.10. The summed E-state index contributed by atoms with van der Waals surface area (Å²) in [5.41, 5.74) is 3.46. The molecule has 1 amide bonds. The highest BCUT2D eigenvalue weighted by molar-refractivity contribution is 5.69. The van der Waals surface area contributed by atoms with Crippen LogP contribution in [0.1, 0.15) is 11.7 Å². The Balaban J connectivity index is 1.78. The van der Waals surface area contributed by atoms with Gasteiger partial charge in [-0.3, -0.25) is 5.32 Å². The van der Waals surface area contributed by atoms with Gasteiger partial charge in [-0.05, 0) is 29.8 Å². The molecule has 1 aliphatic heterocycles. The average molecular weight is 256 g/mol. The molecule has 1 aliphatic rings. The topological polar surface area (TPSA) is 59.6 Å². The summed E-state index contributed by atoms with van der Waals surface area (Å²) < 4.78 is 5.72. The second-order valence-corrected chi connectivity index (χ2v) is 4.07. The van der Waals surface area contributed by atoms with Gasteiger partial charge in [0.2, 0.25) is 0 Å². The number of amides is 1. The van der Waals surface area contributed by atoms with Crippen molar-refractivity contribution in [2.24, 2.45) is 0 Å². The molecule has 1 saturated heterocycles. The fraction of sp³-hybridized carbons (Fsp3) is 0.0714. The van der Waals surface area contributed by atoms with Crippen molar-refractivity contribution in [1.82, 2.24) is 10.8 Å². The van der Waals surface area contributed by atoms with Crippen LogP contribution >= 0.6 is 0 Å². The highest BCUT2D eigenvalue weighted by Gasteiger charge is 2.23. The molecule has 1 unspecified atom stereocenters. The van der Waals surface area contributed by atoms with Crippen LogP contribution in [0.5, 0.6) is 11.5 Å². The summed E-state index contributed by atoms with van der Waals surface area (Å²) >= 11 is 0. The van der Waals surface area contributed by atoms with Gasteiger partial charge in [-0.1, -0.05) is 30.3 Å². The summed E-state index contributed by atoms with van der Waals surface area (Å²) in [6.07, 6.45) is -0.841. The predicted molar refractivity (Wildman–Crippen MR) is 68.5 cm³/mol. The number of nitrogens with one attached hydrogen (secondary N) is 2. The minimum atomic E-state index is -0.487. The molecule has 0 bridgehead atoms. The lowest BCUT2D eigenvalue weighted by molar-refractivity contribution is 0.121. The van der Waals surface area contributed by atoms with Crippen LogP contribution in [0.4, 0.5) is 4.79 Å². The van der Waals surface area contributed by atoms with Crippen LogP contribution in [0.3, 0.4) is 0 Å². The lowest BCUT2D eigenvalue weighted by atomic mass is 10.1. The zero-order chi connectivity index (χ0) is 13.1. The van der Waals surface area contributed by atoms with Crippen molar-refractivity contribution in [3.05, 3.63) is 60.2 Å². The molecule has 1 atom stereocenters. The number of carbonyl (C=O) groups excluding carboxylic acids is 1. The molecule has 3 rings (SSSR count). The van der Waals surface area contributed by atoms with Crippen LogP contribution in [0.2, 0.25) is 0 Å². The Morgan fingerprint density at radius 2 is 1.79 bits per heavy atom. The quantitative estimate of drug-likeness (QED) is 0.886. The van der Waals surface area contributed by atoms with Crippen LogP contribution in [-0.2, 0) is 4.84 Å². The Kier molecular flexibility index (Phi) is 3.04. The summed E-state index contributed by atoms with van der Waals surface area (Å²) in [6.45, 7) is 0. The summed E-state index contributed by atoms with van der Waals surface area (Å²) in [7, 11) is 0. The monoisotopic (exact) mass is 256 g/mol. The maximum absolute atomic E-state index is 11.0. The zero-order valence-electron chi connectivity index (χ0n) is 10.00. The maximum Gasteiger partial charge on any atom is 0.427 e. The molecule has 96 valence electrons. The molecule has 5 nitrogen and oxygen atoms in total. The van der Waals surface area contributed by atoms with Crippen LogP contribution in [0.25, 0.3) is 0 Å². The average Bonchev–Trinajstić information content (AvgIpc) is 2.87. The molecule has 0 spiro atoms. The van der Waals surface area contributed by atoms with Gasteiger partial charge in [0.05, 0.1) is 0 Å². The van der Waals surface area contributed by atoms with Crippen molar-refractivity contribution in [2.75, 3.05) is 0 Å². The Labute approximate surface area is 110 Å². The Morgan fingerprint density at radius 3 is 2.53 bits per heavy atom. The fourth-order valence-corrected chi connectivity index (χ4v) is 1.82. The molecule has 0 radical (unpaired) electrons. The van der Waals surface area contributed by atoms with E-state index in [2.05, 4.69) is 15.6 Å². The molecule has 1 fully saturated rings. The largest absolute Gasteiger partial charge is 0.457 e. The zero-order valence-corrected chi connectivity index (χ0v) is 10.00. The van der Waals surface area contributed by atoms with Crippen molar-refractivity contribution in [3.8, 4) is 11.5 Å². The molecule has 0 saturated carbocycles. The number of benzene rings is 2. The molecule has 2 N–H and O–H groups in total. The van der Waals surface area contributed by atoms with Gasteiger partial charge in [-0.25, -0.2) is 4.79 Å². The Bertz CT molecular complexity index is 586. The first kappa shape index (κ1) is 11.6. The molecule has 5 heteroatoms. The minimum Gasteiger partial charge on any atom is -0.457 e. The SMILES string of the molecule is O=C1NC(c2cccc(Oc3ccccc3)c2)NO1. The summed E-state index contributed by atoms with van der Waals surface area (Å²) in [6, 6.07) is 16.9. The number of ether oxygens (including phenoxy) is 1. The smallest absolute Gasteiger partial charge is 0.427 e. The highest BCUT2D eigenvalue weighted by atomic mass is 16.7. The standard InChI is InChI=1S/C14H12N2O3/c17-14-15-13(16-19-14)10-5-4-8-12(9-10)18-11-6-2-1-3-7-11/h1-9,13,16H,(H,15,17). The van der Waals surface area contributed by atoms with Gasteiger partial charge >= 0.3 is 6.09 Å². The number of para-hydroxylation sites is 1. The van der Waals surface area contributed by atoms with E-state index in [0.29, 0.717) is 5.75 Å². The van der Waals surface area contributed by atoms with E-state index < -0.39 is 6.09 Å². The number of hydrogen-bond acceptors (Lipinski definition) is 4. The van der Waals surface area contributed by atoms with Crippen molar-refractivity contribution in [1.29, 1.82) is 0 Å². The van der Waals surface area contributed by atoms with E-state index in [1.165, 1.54) is 0 Å². The maximum atomic E-state index is 11.0. The van der Waals surface area contributed by atoms with Crippen LogP contribution in [0, 0.1) is 0 Å². The van der Waals surface area contributed by atoms with Gasteiger partial charge < -0.3 is 9.57 Å². The molecule has 0 aliphatic carbocycles. The van der Waals surface area contributed by atoms with E-state index in [0.717, 1.165) is 11.3 Å². The van der Waals surface area contributed by atoms with Gasteiger partial charge in [0.1, 0.15) is 17.7 Å². The number of rotatable bonds is 3. The first-order valence-electron chi connectivity index (χ1n) is 5.87. The van der Waals surface area contributed by atoms with Crippen molar-refractivity contribution in [2.45, 2.75) is 6.17 Å². The first-order valence-corrected chi connectivity index (χ1v) is 5.87. The molecular weight excluding hydrogens is 244 g/mol. The third-order valence-corrected chi connectivity index (χ3v) is 2.70. The van der Waals surface area contributed by atoms with Crippen molar-refractivity contribution >= 4 is 6.09 Å². The van der Waals surface area contributed by atoms with Gasteiger partial charge in [0, 0.05) is 0 Å². The van der Waals surface area contributed by atoms with Crippen LogP contribution < -0.4 is 15.5 Å². The van der Waals surface area contributed by atoms with E-state index in [4.69, 9.17) is 4.74 Å². The van der Waals surface area contributed by atoms with Gasteiger partial charge in [0.25, 0.3) is 0 Å². The minimum absolute atomic E-state index is 0.355. The molecule has 19 heavy (non-hydrogen) atoms. The summed E-state index contributed by atoms with van der Waals surface area (Å²) in [4.78, 5) is 15.6. The predicted octanol–water partition coefficient (Wildman–Crippen LogP) is 2.72. The second-order valence-electron chi connectivity index (χ2n) is 4.07. The van der Waals surface area contributed by atoms with E-state index in [1.807, 2.05) is 54.6 Å². The fourth-order valence-electron chi connectivity index (χ4n) is 1.82. The molecular formula is C14H12N2O3. The summed E-state index contributed by atoms with van der Waals surface area (Å²) in [5, 5.41) is 2.63. The number of carbonyl (C=O) groups is 1. The molecule has 2 aromatic carbocycles. The highest BCUT2D eigenvalue weighted by Crippen LogP contribution is 2.24. The number of hydrogen-bond donors (Lipinski definition) is 2. The molecule has 0 aromatic heterocycles. The first-order chi connectivity index (χ1) is 9.31. The van der Waals surface area contributed by atoms with Gasteiger partial charge in [-0.2, -0.15) is 0 Å². The molecule has 1 heterocycles. The van der Waals surface area contributed by atoms with E-state index in [-0.39, 0.29) is 6.17 Å². The van der Waals surface area contributed by atoms with E-state index in [1.54, 1.807) is 0 Å². The van der Waals surface area contributed by atoms with Gasteiger partial charge in [-0.15, -0.1) is 5.48 Å². The number of hydroxylamine groups is 1. The van der Waals surface area contributed by atoms with Crippen molar-refractivity contribution in [3.63, 3.8) is 0 Å². The third-order valence-electron chi connectivity index (χ3n) is 2.70. The van der Waals surface area contributed by atoms with Crippen LogP contribution in [-0.4, -0.2) is 6.09 Å². The molecule has 2 aromatic rings.